The number of carbonyl (C=O) groups excluding carboxylic acids is 1. The average Bonchev–Trinajstić information content (AvgIpc) is 3.24. The van der Waals surface area contributed by atoms with E-state index in [1.165, 1.54) is 12.7 Å². The largest absolute Gasteiger partial charge is 0.465 e. The van der Waals surface area contributed by atoms with Gasteiger partial charge in [0.25, 0.3) is 0 Å². The number of methoxy groups -OCH3 is 1. The molecule has 0 aliphatic heterocycles. The topological polar surface area (TPSA) is 72.8 Å². The summed E-state index contributed by atoms with van der Waals surface area (Å²) in [5.74, 6) is 1.18. The molecule has 6 nitrogen and oxygen atoms in total. The molecule has 0 saturated heterocycles. The van der Waals surface area contributed by atoms with Crippen LogP contribution >= 0.6 is 0 Å². The van der Waals surface area contributed by atoms with Gasteiger partial charge in [-0.3, -0.25) is 9.67 Å². The van der Waals surface area contributed by atoms with Crippen molar-refractivity contribution >= 4 is 17.0 Å². The fourth-order valence-electron chi connectivity index (χ4n) is 3.04. The molecule has 0 saturated carbocycles. The summed E-state index contributed by atoms with van der Waals surface area (Å²) in [5, 5.41) is 7.54. The molecule has 26 heavy (non-hydrogen) atoms. The first-order valence-corrected chi connectivity index (χ1v) is 8.27. The Bertz CT molecular complexity index is 1110. The quantitative estimate of drug-likeness (QED) is 0.572. The van der Waals surface area contributed by atoms with Gasteiger partial charge in [0.15, 0.2) is 5.82 Å². The fourth-order valence-corrected chi connectivity index (χ4v) is 3.04. The van der Waals surface area contributed by atoms with Gasteiger partial charge < -0.3 is 4.74 Å². The molecule has 0 spiro atoms. The molecule has 4 rings (SSSR count). The normalized spacial score (nSPS) is 11.0. The van der Waals surface area contributed by atoms with E-state index in [4.69, 9.17) is 4.74 Å². The van der Waals surface area contributed by atoms with Crippen LogP contribution < -0.4 is 0 Å². The zero-order valence-corrected chi connectivity index (χ0v) is 14.8. The molecule has 0 radical (unpaired) electrons. The number of H-pyrrole nitrogens is 1. The molecular weight excluding hydrogens is 328 g/mol. The van der Waals surface area contributed by atoms with Crippen molar-refractivity contribution < 1.29 is 9.53 Å². The number of esters is 1. The Morgan fingerprint density at radius 3 is 2.58 bits per heavy atom. The molecule has 0 bridgehead atoms. The van der Waals surface area contributed by atoms with Gasteiger partial charge in [-0.15, -0.1) is 0 Å². The van der Waals surface area contributed by atoms with Gasteiger partial charge in [0.2, 0.25) is 0 Å². The number of rotatable bonds is 3. The zero-order chi connectivity index (χ0) is 18.3. The van der Waals surface area contributed by atoms with Crippen molar-refractivity contribution in [2.45, 2.75) is 13.8 Å². The van der Waals surface area contributed by atoms with Gasteiger partial charge in [-0.25, -0.2) is 9.78 Å². The number of benzene rings is 2. The van der Waals surface area contributed by atoms with E-state index in [-0.39, 0.29) is 5.97 Å². The monoisotopic (exact) mass is 346 g/mol. The molecule has 0 atom stereocenters. The second-order valence-electron chi connectivity index (χ2n) is 6.20. The zero-order valence-electron chi connectivity index (χ0n) is 14.8. The van der Waals surface area contributed by atoms with Crippen molar-refractivity contribution in [3.8, 4) is 17.1 Å². The van der Waals surface area contributed by atoms with Gasteiger partial charge in [0.05, 0.1) is 29.4 Å². The molecule has 1 N–H and O–H groups in total. The van der Waals surface area contributed by atoms with Crippen LogP contribution in [0.15, 0.2) is 48.5 Å². The summed E-state index contributed by atoms with van der Waals surface area (Å²) in [6, 6.07) is 15.6. The second kappa shape index (κ2) is 6.15. The number of hydrogen-bond acceptors (Lipinski definition) is 4. The first kappa shape index (κ1) is 16.1. The van der Waals surface area contributed by atoms with Crippen LogP contribution in [-0.4, -0.2) is 32.8 Å². The molecule has 0 amide bonds. The predicted octanol–water partition coefficient (Wildman–Crippen LogP) is 3.82. The van der Waals surface area contributed by atoms with Crippen LogP contribution in [0.1, 0.15) is 21.7 Å². The summed E-state index contributed by atoms with van der Waals surface area (Å²) in [6.07, 6.45) is 0. The third-order valence-corrected chi connectivity index (χ3v) is 4.40. The van der Waals surface area contributed by atoms with Gasteiger partial charge in [-0.2, -0.15) is 5.10 Å². The summed E-state index contributed by atoms with van der Waals surface area (Å²) in [7, 11) is 1.37. The third-order valence-electron chi connectivity index (χ3n) is 4.40. The Hall–Kier alpha value is -3.41. The summed E-state index contributed by atoms with van der Waals surface area (Å²) < 4.78 is 6.74. The first-order chi connectivity index (χ1) is 12.6. The maximum Gasteiger partial charge on any atom is 0.337 e. The van der Waals surface area contributed by atoms with E-state index in [2.05, 4.69) is 46.4 Å². The van der Waals surface area contributed by atoms with Crippen molar-refractivity contribution in [3.63, 3.8) is 0 Å². The maximum atomic E-state index is 11.7. The number of fused-ring (bicyclic) bond motifs is 1. The lowest BCUT2D eigenvalue weighted by Crippen LogP contribution is -2.01. The second-order valence-corrected chi connectivity index (χ2v) is 6.20. The number of aromatic nitrogens is 4. The Morgan fingerprint density at radius 2 is 1.85 bits per heavy atom. The molecule has 130 valence electrons. The van der Waals surface area contributed by atoms with Gasteiger partial charge in [0, 0.05) is 6.07 Å². The number of carbonyl (C=O) groups is 1. The fraction of sp³-hybridized carbons (Fsp3) is 0.150. The molecule has 2 aromatic carbocycles. The minimum absolute atomic E-state index is 0.375. The Balaban J connectivity index is 1.78. The molecular formula is C20H18N4O2. The number of aryl methyl sites for hydroxylation is 2. The lowest BCUT2D eigenvalue weighted by atomic mass is 10.1. The number of aromatic amines is 1. The van der Waals surface area contributed by atoms with E-state index in [1.807, 2.05) is 23.6 Å². The highest BCUT2D eigenvalue weighted by molar-refractivity contribution is 5.94. The molecule has 0 fully saturated rings. The lowest BCUT2D eigenvalue weighted by Gasteiger charge is -2.03. The molecule has 6 heteroatoms. The molecule has 0 unspecified atom stereocenters. The van der Waals surface area contributed by atoms with Crippen LogP contribution in [0.4, 0.5) is 0 Å². The Morgan fingerprint density at radius 1 is 1.08 bits per heavy atom. The van der Waals surface area contributed by atoms with Gasteiger partial charge in [-0.1, -0.05) is 29.8 Å². The van der Waals surface area contributed by atoms with E-state index in [0.29, 0.717) is 5.56 Å². The van der Waals surface area contributed by atoms with Crippen LogP contribution in [0.5, 0.6) is 0 Å². The lowest BCUT2D eigenvalue weighted by molar-refractivity contribution is 0.0601. The number of nitrogens with zero attached hydrogens (tertiary/aromatic N) is 3. The minimum atomic E-state index is -0.375. The molecule has 0 aliphatic rings. The Kier molecular flexibility index (Phi) is 3.80. The highest BCUT2D eigenvalue weighted by atomic mass is 16.5. The summed E-state index contributed by atoms with van der Waals surface area (Å²) in [4.78, 5) is 16.3. The van der Waals surface area contributed by atoms with Crippen LogP contribution in [-0.2, 0) is 4.74 Å². The van der Waals surface area contributed by atoms with Crippen molar-refractivity contribution in [2.75, 3.05) is 7.11 Å². The van der Waals surface area contributed by atoms with Crippen molar-refractivity contribution in [3.05, 3.63) is 65.5 Å². The summed E-state index contributed by atoms with van der Waals surface area (Å²) >= 11 is 0. The maximum absolute atomic E-state index is 11.7. The van der Waals surface area contributed by atoms with Gasteiger partial charge >= 0.3 is 5.97 Å². The summed E-state index contributed by atoms with van der Waals surface area (Å²) in [5.41, 5.74) is 5.32. The number of nitrogens with one attached hydrogen (secondary N) is 1. The average molecular weight is 346 g/mol. The Labute approximate surface area is 150 Å². The summed E-state index contributed by atoms with van der Waals surface area (Å²) in [6.45, 7) is 3.98. The number of ether oxygens (including phenoxy) is 1. The molecule has 0 aliphatic carbocycles. The van der Waals surface area contributed by atoms with E-state index in [1.54, 1.807) is 12.1 Å². The highest BCUT2D eigenvalue weighted by Gasteiger charge is 2.15. The predicted molar refractivity (Wildman–Crippen MR) is 99.5 cm³/mol. The van der Waals surface area contributed by atoms with E-state index < -0.39 is 0 Å². The molecule has 2 heterocycles. The van der Waals surface area contributed by atoms with E-state index in [9.17, 15) is 4.79 Å². The van der Waals surface area contributed by atoms with Crippen LogP contribution in [0, 0.1) is 13.8 Å². The number of hydrogen-bond donors (Lipinski definition) is 1. The van der Waals surface area contributed by atoms with Crippen LogP contribution in [0.2, 0.25) is 0 Å². The van der Waals surface area contributed by atoms with Gasteiger partial charge in [0.1, 0.15) is 5.82 Å². The minimum Gasteiger partial charge on any atom is -0.465 e. The van der Waals surface area contributed by atoms with Crippen molar-refractivity contribution in [2.24, 2.45) is 0 Å². The van der Waals surface area contributed by atoms with E-state index in [0.717, 1.165) is 33.9 Å². The standard InChI is InChI=1S/C20H18N4O2/c1-12-4-6-14(7-5-12)16-11-19(23-22-16)24-13(2)21-17-10-15(20(25)26-3)8-9-18(17)24/h4-11H,1-3H3,(H,22,23). The van der Waals surface area contributed by atoms with Crippen molar-refractivity contribution in [1.82, 2.24) is 19.7 Å². The van der Waals surface area contributed by atoms with Crippen LogP contribution in [0.3, 0.4) is 0 Å². The van der Waals surface area contributed by atoms with Crippen molar-refractivity contribution in [1.29, 1.82) is 0 Å². The highest BCUT2D eigenvalue weighted by Crippen LogP contribution is 2.25. The van der Waals surface area contributed by atoms with E-state index >= 15 is 0 Å². The van der Waals surface area contributed by atoms with Gasteiger partial charge in [-0.05, 0) is 37.6 Å². The first-order valence-electron chi connectivity index (χ1n) is 8.27. The smallest absolute Gasteiger partial charge is 0.337 e. The number of imidazole rings is 1. The molecule has 2 aromatic heterocycles. The third kappa shape index (κ3) is 2.65. The van der Waals surface area contributed by atoms with Crippen LogP contribution in [0.25, 0.3) is 28.1 Å². The SMILES string of the molecule is COC(=O)c1ccc2c(c1)nc(C)n2-c1cc(-c2ccc(C)cc2)[nH]n1. The molecule has 4 aromatic rings.